The minimum absolute atomic E-state index is 0.0337. The fraction of sp³-hybridized carbons (Fsp3) is 0.857. The van der Waals surface area contributed by atoms with Crippen LogP contribution in [0.3, 0.4) is 0 Å². The predicted molar refractivity (Wildman–Crippen MR) is 47.4 cm³/mol. The zero-order valence-corrected chi connectivity index (χ0v) is 8.11. The lowest BCUT2D eigenvalue weighted by molar-refractivity contribution is -0.173. The lowest BCUT2D eigenvalue weighted by Crippen LogP contribution is -2.28. The van der Waals surface area contributed by atoms with E-state index in [1.165, 1.54) is 19.1 Å². The van der Waals surface area contributed by atoms with Crippen LogP contribution in [0.25, 0.3) is 0 Å². The number of carbonyl (C=O) groups is 1. The first kappa shape index (κ1) is 10.8. The quantitative estimate of drug-likeness (QED) is 0.466. The summed E-state index contributed by atoms with van der Waals surface area (Å²) < 4.78 is 0. The molecule has 0 spiro atoms. The minimum Gasteiger partial charge on any atom is -0.274 e. The summed E-state index contributed by atoms with van der Waals surface area (Å²) in [6.07, 6.45) is 3.03. The van der Waals surface area contributed by atoms with E-state index in [0.29, 0.717) is 6.54 Å². The molecule has 0 aromatic carbocycles. The number of rotatable bonds is 5. The second-order valence-corrected chi connectivity index (χ2v) is 3.14. The van der Waals surface area contributed by atoms with Crippen LogP contribution < -0.4 is 0 Å². The lowest BCUT2D eigenvalue weighted by atomic mass is 10.4. The summed E-state index contributed by atoms with van der Waals surface area (Å²) in [5.41, 5.74) is 0. The highest BCUT2D eigenvalue weighted by molar-refractivity contribution is 7.98. The first-order valence-electron chi connectivity index (χ1n) is 3.53. The molecule has 0 fully saturated rings. The molecule has 0 N–H and O–H groups in total. The summed E-state index contributed by atoms with van der Waals surface area (Å²) in [4.78, 5) is 15.6. The summed E-state index contributed by atoms with van der Waals surface area (Å²) in [6.45, 7) is 2.19. The molecule has 0 unspecified atom stereocenters. The molecule has 1 amide bonds. The van der Waals surface area contributed by atoms with E-state index >= 15 is 0 Å². The maximum absolute atomic E-state index is 10.8. The number of thioether (sulfide) groups is 1. The van der Waals surface area contributed by atoms with Crippen LogP contribution in [0, 0.1) is 0 Å². The zero-order chi connectivity index (χ0) is 8.69. The molecule has 0 aromatic rings. The van der Waals surface area contributed by atoms with Crippen molar-refractivity contribution in [3.05, 3.63) is 0 Å². The number of amides is 1. The summed E-state index contributed by atoms with van der Waals surface area (Å²) in [6, 6.07) is 0. The van der Waals surface area contributed by atoms with Crippen molar-refractivity contribution in [1.82, 2.24) is 5.06 Å². The largest absolute Gasteiger partial charge is 0.274 e. The van der Waals surface area contributed by atoms with E-state index in [9.17, 15) is 4.79 Å². The van der Waals surface area contributed by atoms with Crippen molar-refractivity contribution in [2.45, 2.75) is 13.3 Å². The molecule has 0 heterocycles. The number of hydroxylamine groups is 2. The molecule has 0 bridgehead atoms. The van der Waals surface area contributed by atoms with Gasteiger partial charge in [-0.05, 0) is 18.4 Å². The van der Waals surface area contributed by atoms with E-state index in [4.69, 9.17) is 4.84 Å². The van der Waals surface area contributed by atoms with E-state index in [-0.39, 0.29) is 5.91 Å². The third kappa shape index (κ3) is 5.09. The van der Waals surface area contributed by atoms with Crippen LogP contribution in [0.2, 0.25) is 0 Å². The Kier molecular flexibility index (Phi) is 6.36. The van der Waals surface area contributed by atoms with E-state index in [1.807, 2.05) is 6.26 Å². The van der Waals surface area contributed by atoms with Crippen LogP contribution >= 0.6 is 11.8 Å². The van der Waals surface area contributed by atoms with Gasteiger partial charge in [0.15, 0.2) is 0 Å². The van der Waals surface area contributed by atoms with Crippen LogP contribution in [-0.2, 0) is 9.63 Å². The van der Waals surface area contributed by atoms with Gasteiger partial charge in [0.05, 0.1) is 7.11 Å². The van der Waals surface area contributed by atoms with Crippen LogP contribution in [-0.4, -0.2) is 36.6 Å². The lowest BCUT2D eigenvalue weighted by Gasteiger charge is -2.16. The molecule has 0 aromatic heterocycles. The van der Waals surface area contributed by atoms with Crippen LogP contribution in [0.5, 0.6) is 0 Å². The normalized spacial score (nSPS) is 9.73. The minimum atomic E-state index is -0.0337. The molecule has 0 aliphatic rings. The highest BCUT2D eigenvalue weighted by Crippen LogP contribution is 1.98. The highest BCUT2D eigenvalue weighted by atomic mass is 32.2. The Morgan fingerprint density at radius 1 is 1.64 bits per heavy atom. The third-order valence-corrected chi connectivity index (χ3v) is 1.98. The van der Waals surface area contributed by atoms with Crippen molar-refractivity contribution in [3.63, 3.8) is 0 Å². The Morgan fingerprint density at radius 3 is 2.64 bits per heavy atom. The maximum atomic E-state index is 10.8. The Hall–Kier alpha value is -0.220. The van der Waals surface area contributed by atoms with Crippen LogP contribution in [0.15, 0.2) is 0 Å². The highest BCUT2D eigenvalue weighted by Gasteiger charge is 2.05. The zero-order valence-electron chi connectivity index (χ0n) is 7.29. The number of hydrogen-bond donors (Lipinski definition) is 0. The van der Waals surface area contributed by atoms with Gasteiger partial charge in [0.1, 0.15) is 0 Å². The molecule has 66 valence electrons. The van der Waals surface area contributed by atoms with E-state index in [2.05, 4.69) is 0 Å². The molecule has 0 aliphatic heterocycles. The van der Waals surface area contributed by atoms with Crippen molar-refractivity contribution < 1.29 is 9.63 Å². The molecule has 0 saturated heterocycles. The topological polar surface area (TPSA) is 29.5 Å². The molecule has 11 heavy (non-hydrogen) atoms. The molecule has 0 atom stereocenters. The van der Waals surface area contributed by atoms with Gasteiger partial charge in [0.25, 0.3) is 0 Å². The second kappa shape index (κ2) is 6.49. The van der Waals surface area contributed by atoms with Gasteiger partial charge in [-0.25, -0.2) is 5.06 Å². The Balaban J connectivity index is 3.44. The summed E-state index contributed by atoms with van der Waals surface area (Å²) in [5, 5.41) is 1.37. The summed E-state index contributed by atoms with van der Waals surface area (Å²) >= 11 is 1.77. The van der Waals surface area contributed by atoms with Gasteiger partial charge in [-0.15, -0.1) is 0 Å². The van der Waals surface area contributed by atoms with Gasteiger partial charge in [-0.2, -0.15) is 11.8 Å². The van der Waals surface area contributed by atoms with Gasteiger partial charge in [0.2, 0.25) is 5.91 Å². The molecule has 0 radical (unpaired) electrons. The Morgan fingerprint density at radius 2 is 2.27 bits per heavy atom. The standard InChI is InChI=1S/C7H15NO2S/c1-7(9)8(10-2)5-4-6-11-3/h4-6H2,1-3H3. The molecular weight excluding hydrogens is 162 g/mol. The van der Waals surface area contributed by atoms with Crippen LogP contribution in [0.1, 0.15) is 13.3 Å². The molecule has 0 saturated carbocycles. The number of hydrogen-bond acceptors (Lipinski definition) is 3. The van der Waals surface area contributed by atoms with Crippen molar-refractivity contribution >= 4 is 17.7 Å². The van der Waals surface area contributed by atoms with Crippen molar-refractivity contribution in [3.8, 4) is 0 Å². The van der Waals surface area contributed by atoms with E-state index in [1.54, 1.807) is 11.8 Å². The monoisotopic (exact) mass is 177 g/mol. The second-order valence-electron chi connectivity index (χ2n) is 2.15. The SMILES string of the molecule is CON(CCCSC)C(C)=O. The van der Waals surface area contributed by atoms with E-state index in [0.717, 1.165) is 12.2 Å². The molecule has 3 nitrogen and oxygen atoms in total. The summed E-state index contributed by atoms with van der Waals surface area (Å²) in [7, 11) is 1.51. The smallest absolute Gasteiger partial charge is 0.242 e. The third-order valence-electron chi connectivity index (χ3n) is 1.28. The Labute approximate surface area is 72.0 Å². The predicted octanol–water partition coefficient (Wildman–Crippen LogP) is 1.15. The maximum Gasteiger partial charge on any atom is 0.242 e. The first-order chi connectivity index (χ1) is 5.22. The van der Waals surface area contributed by atoms with Crippen molar-refractivity contribution in [1.29, 1.82) is 0 Å². The van der Waals surface area contributed by atoms with Crippen LogP contribution in [0.4, 0.5) is 0 Å². The fourth-order valence-electron chi connectivity index (χ4n) is 0.730. The Bertz CT molecular complexity index is 119. The molecular formula is C7H15NO2S. The van der Waals surface area contributed by atoms with Gasteiger partial charge >= 0.3 is 0 Å². The number of carbonyl (C=O) groups excluding carboxylic acids is 1. The average molecular weight is 177 g/mol. The van der Waals surface area contributed by atoms with Gasteiger partial charge in [-0.1, -0.05) is 0 Å². The van der Waals surface area contributed by atoms with Crippen molar-refractivity contribution in [2.75, 3.05) is 25.7 Å². The average Bonchev–Trinajstić information content (AvgIpc) is 1.97. The fourth-order valence-corrected chi connectivity index (χ4v) is 1.15. The van der Waals surface area contributed by atoms with Gasteiger partial charge < -0.3 is 0 Å². The number of nitrogens with zero attached hydrogens (tertiary/aromatic N) is 1. The van der Waals surface area contributed by atoms with E-state index < -0.39 is 0 Å². The molecule has 4 heteroatoms. The molecule has 0 aliphatic carbocycles. The van der Waals surface area contributed by atoms with Gasteiger partial charge in [0, 0.05) is 13.5 Å². The summed E-state index contributed by atoms with van der Waals surface area (Å²) in [5.74, 6) is 1.03. The van der Waals surface area contributed by atoms with Crippen molar-refractivity contribution in [2.24, 2.45) is 0 Å². The van der Waals surface area contributed by atoms with Gasteiger partial charge in [-0.3, -0.25) is 9.63 Å². The molecule has 0 rings (SSSR count). The first-order valence-corrected chi connectivity index (χ1v) is 4.93.